The Labute approximate surface area is 185 Å². The summed E-state index contributed by atoms with van der Waals surface area (Å²) in [7, 11) is 1.29. The minimum Gasteiger partial charge on any atom is -0.465 e. The molecule has 0 heterocycles. The van der Waals surface area contributed by atoms with Crippen molar-refractivity contribution in [1.82, 2.24) is 5.32 Å². The van der Waals surface area contributed by atoms with Crippen molar-refractivity contribution >= 4 is 35.1 Å². The number of ether oxygens (including phenoxy) is 1. The third-order valence-electron chi connectivity index (χ3n) is 4.58. The van der Waals surface area contributed by atoms with Crippen LogP contribution in [0, 0.1) is 0 Å². The maximum atomic E-state index is 12.8. The number of esters is 1. The predicted molar refractivity (Wildman–Crippen MR) is 119 cm³/mol. The molecule has 1 atom stereocenters. The molecule has 0 aliphatic heterocycles. The summed E-state index contributed by atoms with van der Waals surface area (Å²) in [5.74, 6) is -1.19. The van der Waals surface area contributed by atoms with E-state index in [1.807, 2.05) is 30.3 Å². The molecule has 0 spiro atoms. The molecule has 2 amide bonds. The Morgan fingerprint density at radius 1 is 0.935 bits per heavy atom. The number of carbonyl (C=O) groups is 3. The number of hydrogen-bond acceptors (Lipinski definition) is 4. The number of methoxy groups -OCH3 is 1. The molecule has 3 aromatic carbocycles. The standard InChI is InChI=1S/C24H21ClN2O4/c1-31-24(30)17-10-7-11-18(14-17)26-22(28)15-21(16-8-3-2-4-9-16)27-23(29)19-12-5-6-13-20(19)25/h2-14,21H,15H2,1H3,(H,26,28)(H,27,29). The molecule has 0 fully saturated rings. The van der Waals surface area contributed by atoms with Crippen LogP contribution in [-0.4, -0.2) is 24.9 Å². The number of rotatable bonds is 7. The lowest BCUT2D eigenvalue weighted by Gasteiger charge is -2.19. The molecule has 158 valence electrons. The SMILES string of the molecule is COC(=O)c1cccc(NC(=O)CC(NC(=O)c2ccccc2Cl)c2ccccc2)c1. The van der Waals surface area contributed by atoms with Gasteiger partial charge in [-0.15, -0.1) is 0 Å². The van der Waals surface area contributed by atoms with Crippen molar-refractivity contribution < 1.29 is 19.1 Å². The van der Waals surface area contributed by atoms with E-state index in [-0.39, 0.29) is 18.2 Å². The van der Waals surface area contributed by atoms with Crippen LogP contribution in [0.1, 0.15) is 38.7 Å². The molecule has 0 radical (unpaired) electrons. The molecule has 0 saturated carbocycles. The summed E-state index contributed by atoms with van der Waals surface area (Å²) in [6.45, 7) is 0. The summed E-state index contributed by atoms with van der Waals surface area (Å²) < 4.78 is 4.70. The van der Waals surface area contributed by atoms with Crippen LogP contribution in [0.2, 0.25) is 5.02 Å². The topological polar surface area (TPSA) is 84.5 Å². The number of amides is 2. The van der Waals surface area contributed by atoms with Gasteiger partial charge in [0.25, 0.3) is 5.91 Å². The van der Waals surface area contributed by atoms with Gasteiger partial charge in [0.05, 0.1) is 35.7 Å². The molecule has 3 rings (SSSR count). The predicted octanol–water partition coefficient (Wildman–Crippen LogP) is 4.63. The first-order valence-electron chi connectivity index (χ1n) is 9.56. The van der Waals surface area contributed by atoms with Gasteiger partial charge in [-0.05, 0) is 35.9 Å². The Bertz CT molecular complexity index is 1090. The fraction of sp³-hybridized carbons (Fsp3) is 0.125. The van der Waals surface area contributed by atoms with E-state index in [0.29, 0.717) is 21.8 Å². The molecule has 0 aromatic heterocycles. The van der Waals surface area contributed by atoms with Crippen molar-refractivity contribution in [2.45, 2.75) is 12.5 Å². The highest BCUT2D eigenvalue weighted by molar-refractivity contribution is 6.33. The Morgan fingerprint density at radius 2 is 1.65 bits per heavy atom. The monoisotopic (exact) mass is 436 g/mol. The number of hydrogen-bond donors (Lipinski definition) is 2. The fourth-order valence-corrected chi connectivity index (χ4v) is 3.28. The smallest absolute Gasteiger partial charge is 0.337 e. The van der Waals surface area contributed by atoms with Crippen LogP contribution in [0.4, 0.5) is 5.69 Å². The molecule has 0 aliphatic carbocycles. The zero-order chi connectivity index (χ0) is 22.2. The average Bonchev–Trinajstić information content (AvgIpc) is 2.79. The summed E-state index contributed by atoms with van der Waals surface area (Å²) in [5, 5.41) is 5.98. The number of halogens is 1. The van der Waals surface area contributed by atoms with Crippen LogP contribution in [0.15, 0.2) is 78.9 Å². The van der Waals surface area contributed by atoms with Gasteiger partial charge in [0.2, 0.25) is 5.91 Å². The number of nitrogens with one attached hydrogen (secondary N) is 2. The minimum atomic E-state index is -0.575. The second-order valence-electron chi connectivity index (χ2n) is 6.74. The highest BCUT2D eigenvalue weighted by atomic mass is 35.5. The van der Waals surface area contributed by atoms with Gasteiger partial charge in [0.15, 0.2) is 0 Å². The van der Waals surface area contributed by atoms with Crippen molar-refractivity contribution in [3.8, 4) is 0 Å². The van der Waals surface area contributed by atoms with E-state index >= 15 is 0 Å². The Balaban J connectivity index is 1.76. The van der Waals surface area contributed by atoms with Gasteiger partial charge >= 0.3 is 5.97 Å². The van der Waals surface area contributed by atoms with E-state index in [4.69, 9.17) is 16.3 Å². The lowest BCUT2D eigenvalue weighted by atomic mass is 10.0. The maximum Gasteiger partial charge on any atom is 0.337 e. The van der Waals surface area contributed by atoms with Crippen LogP contribution >= 0.6 is 11.6 Å². The van der Waals surface area contributed by atoms with E-state index in [1.165, 1.54) is 13.2 Å². The zero-order valence-electron chi connectivity index (χ0n) is 16.8. The number of carbonyl (C=O) groups excluding carboxylic acids is 3. The Kier molecular flexibility index (Phi) is 7.40. The first kappa shape index (κ1) is 22.1. The van der Waals surface area contributed by atoms with Gasteiger partial charge in [-0.3, -0.25) is 9.59 Å². The molecule has 7 heteroatoms. The first-order valence-corrected chi connectivity index (χ1v) is 9.94. The Hall–Kier alpha value is -3.64. The summed E-state index contributed by atoms with van der Waals surface area (Å²) in [6, 6.07) is 21.8. The van der Waals surface area contributed by atoms with Gasteiger partial charge < -0.3 is 15.4 Å². The van der Waals surface area contributed by atoms with Crippen LogP contribution in [0.25, 0.3) is 0 Å². The molecule has 31 heavy (non-hydrogen) atoms. The van der Waals surface area contributed by atoms with Crippen molar-refractivity contribution in [2.24, 2.45) is 0 Å². The van der Waals surface area contributed by atoms with E-state index < -0.39 is 12.0 Å². The molecule has 6 nitrogen and oxygen atoms in total. The molecule has 3 aromatic rings. The molecule has 0 bridgehead atoms. The lowest BCUT2D eigenvalue weighted by molar-refractivity contribution is -0.116. The van der Waals surface area contributed by atoms with Gasteiger partial charge in [0, 0.05) is 5.69 Å². The molecule has 2 N–H and O–H groups in total. The second-order valence-corrected chi connectivity index (χ2v) is 7.15. The minimum absolute atomic E-state index is 0.0113. The highest BCUT2D eigenvalue weighted by Gasteiger charge is 2.20. The summed E-state index contributed by atoms with van der Waals surface area (Å²) in [5.41, 5.74) is 1.89. The zero-order valence-corrected chi connectivity index (χ0v) is 17.6. The van der Waals surface area contributed by atoms with Crippen LogP contribution < -0.4 is 10.6 Å². The normalized spacial score (nSPS) is 11.3. The van der Waals surface area contributed by atoms with Crippen LogP contribution in [-0.2, 0) is 9.53 Å². The molecule has 0 saturated heterocycles. The van der Waals surface area contributed by atoms with Gasteiger partial charge in [-0.1, -0.05) is 60.1 Å². The molecular formula is C24H21ClN2O4. The number of anilines is 1. The van der Waals surface area contributed by atoms with Crippen molar-refractivity contribution in [3.05, 3.63) is 101 Å². The highest BCUT2D eigenvalue weighted by Crippen LogP contribution is 2.21. The van der Waals surface area contributed by atoms with Crippen molar-refractivity contribution in [3.63, 3.8) is 0 Å². The van der Waals surface area contributed by atoms with Crippen LogP contribution in [0.5, 0.6) is 0 Å². The van der Waals surface area contributed by atoms with Gasteiger partial charge in [-0.25, -0.2) is 4.79 Å². The molecule has 0 aliphatic rings. The average molecular weight is 437 g/mol. The van der Waals surface area contributed by atoms with Crippen molar-refractivity contribution in [2.75, 3.05) is 12.4 Å². The van der Waals surface area contributed by atoms with E-state index in [0.717, 1.165) is 5.56 Å². The second kappa shape index (κ2) is 10.4. The molecular weight excluding hydrogens is 416 g/mol. The quantitative estimate of drug-likeness (QED) is 0.529. The van der Waals surface area contributed by atoms with E-state index in [9.17, 15) is 14.4 Å². The lowest BCUT2D eigenvalue weighted by Crippen LogP contribution is -2.31. The third kappa shape index (κ3) is 5.93. The first-order chi connectivity index (χ1) is 15.0. The van der Waals surface area contributed by atoms with Gasteiger partial charge in [0.1, 0.15) is 0 Å². The molecule has 1 unspecified atom stereocenters. The van der Waals surface area contributed by atoms with E-state index in [2.05, 4.69) is 10.6 Å². The van der Waals surface area contributed by atoms with Gasteiger partial charge in [-0.2, -0.15) is 0 Å². The fourth-order valence-electron chi connectivity index (χ4n) is 3.06. The maximum absolute atomic E-state index is 12.8. The third-order valence-corrected chi connectivity index (χ3v) is 4.91. The Morgan fingerprint density at radius 3 is 2.35 bits per heavy atom. The van der Waals surface area contributed by atoms with Crippen LogP contribution in [0.3, 0.4) is 0 Å². The largest absolute Gasteiger partial charge is 0.465 e. The van der Waals surface area contributed by atoms with E-state index in [1.54, 1.807) is 42.5 Å². The summed E-state index contributed by atoms with van der Waals surface area (Å²) in [6.07, 6.45) is -0.0113. The summed E-state index contributed by atoms with van der Waals surface area (Å²) in [4.78, 5) is 37.2. The van der Waals surface area contributed by atoms with Crippen molar-refractivity contribution in [1.29, 1.82) is 0 Å². The summed E-state index contributed by atoms with van der Waals surface area (Å²) >= 11 is 6.14. The number of benzene rings is 3.